The zero-order chi connectivity index (χ0) is 16.1. The zero-order valence-corrected chi connectivity index (χ0v) is 13.1. The number of carbonyl (C=O) groups is 3. The lowest BCUT2D eigenvalue weighted by atomic mass is 9.85. The van der Waals surface area contributed by atoms with E-state index < -0.39 is 6.04 Å². The van der Waals surface area contributed by atoms with E-state index >= 15 is 0 Å². The van der Waals surface area contributed by atoms with Crippen molar-refractivity contribution in [3.8, 4) is 0 Å². The van der Waals surface area contributed by atoms with Gasteiger partial charge in [0.1, 0.15) is 6.04 Å². The van der Waals surface area contributed by atoms with Crippen LogP contribution in [0.3, 0.4) is 0 Å². The van der Waals surface area contributed by atoms with Gasteiger partial charge in [0.15, 0.2) is 0 Å². The molecule has 0 bridgehead atoms. The molecule has 0 unspecified atom stereocenters. The smallest absolute Gasteiger partial charge is 0.255 e. The quantitative estimate of drug-likeness (QED) is 0.803. The highest BCUT2D eigenvalue weighted by Crippen LogP contribution is 2.31. The molecule has 5 nitrogen and oxygen atoms in total. The average Bonchev–Trinajstić information content (AvgIpc) is 2.75. The first-order valence-electron chi connectivity index (χ1n) is 7.55. The van der Waals surface area contributed by atoms with Crippen LogP contribution in [0.2, 0.25) is 0 Å². The molecule has 1 atom stereocenters. The van der Waals surface area contributed by atoms with E-state index in [0.29, 0.717) is 18.5 Å². The summed E-state index contributed by atoms with van der Waals surface area (Å²) in [5, 5.41) is 2.32. The molecule has 0 radical (unpaired) electrons. The van der Waals surface area contributed by atoms with E-state index in [1.54, 1.807) is 4.90 Å². The fourth-order valence-corrected chi connectivity index (χ4v) is 3.04. The Morgan fingerprint density at radius 2 is 1.91 bits per heavy atom. The Labute approximate surface area is 129 Å². The van der Waals surface area contributed by atoms with Gasteiger partial charge in [-0.2, -0.15) is 0 Å². The van der Waals surface area contributed by atoms with E-state index in [1.165, 1.54) is 5.56 Å². The molecule has 0 aromatic heterocycles. The van der Waals surface area contributed by atoms with Crippen LogP contribution in [0.5, 0.6) is 0 Å². The second-order valence-corrected chi connectivity index (χ2v) is 7.02. The van der Waals surface area contributed by atoms with Gasteiger partial charge in [-0.25, -0.2) is 0 Å². The standard InChI is InChI=1S/C17H20N2O3/c1-17(2,3)11-4-5-12-10(8-11)9-19(16(12)22)13-6-7-14(20)18-15(13)21/h4-5,8,13H,6-7,9H2,1-3H3,(H,18,20,21)/t13-/m0/s1. The summed E-state index contributed by atoms with van der Waals surface area (Å²) in [6.07, 6.45) is 0.681. The molecule has 5 heteroatoms. The molecule has 2 aliphatic heterocycles. The molecule has 0 saturated carbocycles. The minimum absolute atomic E-state index is 0.0140. The lowest BCUT2D eigenvalue weighted by Gasteiger charge is -2.29. The second-order valence-electron chi connectivity index (χ2n) is 7.02. The lowest BCUT2D eigenvalue weighted by Crippen LogP contribution is -2.52. The molecule has 116 valence electrons. The van der Waals surface area contributed by atoms with Crippen molar-refractivity contribution in [2.75, 3.05) is 0 Å². The number of amides is 3. The SMILES string of the molecule is CC(C)(C)c1ccc2c(c1)CN([C@H]1CCC(=O)NC1=O)C2=O. The summed E-state index contributed by atoms with van der Waals surface area (Å²) in [5.74, 6) is -0.751. The number of nitrogens with zero attached hydrogens (tertiary/aromatic N) is 1. The van der Waals surface area contributed by atoms with Gasteiger partial charge in [-0.15, -0.1) is 0 Å². The lowest BCUT2D eigenvalue weighted by molar-refractivity contribution is -0.136. The Kier molecular flexibility index (Phi) is 3.31. The van der Waals surface area contributed by atoms with Gasteiger partial charge < -0.3 is 4.90 Å². The number of hydrogen-bond acceptors (Lipinski definition) is 3. The Morgan fingerprint density at radius 3 is 2.55 bits per heavy atom. The van der Waals surface area contributed by atoms with Crippen LogP contribution in [-0.4, -0.2) is 28.7 Å². The van der Waals surface area contributed by atoms with Crippen molar-refractivity contribution in [2.45, 2.75) is 51.6 Å². The normalized spacial score (nSPS) is 21.9. The largest absolute Gasteiger partial charge is 0.322 e. The fraction of sp³-hybridized carbons (Fsp3) is 0.471. The average molecular weight is 300 g/mol. The van der Waals surface area contributed by atoms with Crippen molar-refractivity contribution in [1.82, 2.24) is 10.2 Å². The van der Waals surface area contributed by atoms with E-state index in [9.17, 15) is 14.4 Å². The van der Waals surface area contributed by atoms with Crippen molar-refractivity contribution in [3.05, 3.63) is 34.9 Å². The molecule has 1 fully saturated rings. The molecular weight excluding hydrogens is 280 g/mol. The third kappa shape index (κ3) is 2.40. The monoisotopic (exact) mass is 300 g/mol. The molecule has 2 heterocycles. The summed E-state index contributed by atoms with van der Waals surface area (Å²) in [4.78, 5) is 37.4. The van der Waals surface area contributed by atoms with Gasteiger partial charge in [0.25, 0.3) is 5.91 Å². The van der Waals surface area contributed by atoms with Crippen molar-refractivity contribution in [1.29, 1.82) is 0 Å². The summed E-state index contributed by atoms with van der Waals surface area (Å²) in [6, 6.07) is 5.34. The van der Waals surface area contributed by atoms with E-state index in [4.69, 9.17) is 0 Å². The van der Waals surface area contributed by atoms with Gasteiger partial charge in [-0.1, -0.05) is 32.9 Å². The predicted molar refractivity (Wildman–Crippen MR) is 81.2 cm³/mol. The second kappa shape index (κ2) is 4.93. The Balaban J connectivity index is 1.88. The number of benzene rings is 1. The maximum Gasteiger partial charge on any atom is 0.255 e. The molecule has 1 saturated heterocycles. The predicted octanol–water partition coefficient (Wildman–Crippen LogP) is 1.75. The van der Waals surface area contributed by atoms with Crippen LogP contribution in [0.4, 0.5) is 0 Å². The first-order valence-corrected chi connectivity index (χ1v) is 7.55. The Morgan fingerprint density at radius 1 is 1.18 bits per heavy atom. The van der Waals surface area contributed by atoms with Gasteiger partial charge >= 0.3 is 0 Å². The number of fused-ring (bicyclic) bond motifs is 1. The van der Waals surface area contributed by atoms with Gasteiger partial charge in [-0.3, -0.25) is 19.7 Å². The molecule has 1 N–H and O–H groups in total. The third-order valence-electron chi connectivity index (χ3n) is 4.39. The molecule has 3 rings (SSSR count). The van der Waals surface area contributed by atoms with Crippen LogP contribution < -0.4 is 5.32 Å². The number of nitrogens with one attached hydrogen (secondary N) is 1. The molecule has 22 heavy (non-hydrogen) atoms. The highest BCUT2D eigenvalue weighted by molar-refractivity contribution is 6.05. The van der Waals surface area contributed by atoms with Crippen molar-refractivity contribution in [3.63, 3.8) is 0 Å². The molecule has 2 aliphatic rings. The van der Waals surface area contributed by atoms with Crippen LogP contribution >= 0.6 is 0 Å². The van der Waals surface area contributed by atoms with Gasteiger partial charge in [0.05, 0.1) is 0 Å². The van der Waals surface area contributed by atoms with Crippen LogP contribution in [0, 0.1) is 0 Å². The molecule has 0 spiro atoms. The number of piperidine rings is 1. The minimum atomic E-state index is -0.546. The number of hydrogen-bond donors (Lipinski definition) is 1. The van der Waals surface area contributed by atoms with Crippen LogP contribution in [-0.2, 0) is 21.5 Å². The van der Waals surface area contributed by atoms with Crippen LogP contribution in [0.15, 0.2) is 18.2 Å². The Bertz CT molecular complexity index is 673. The zero-order valence-electron chi connectivity index (χ0n) is 13.1. The van der Waals surface area contributed by atoms with E-state index in [0.717, 1.165) is 5.56 Å². The van der Waals surface area contributed by atoms with E-state index in [1.807, 2.05) is 12.1 Å². The maximum absolute atomic E-state index is 12.5. The summed E-state index contributed by atoms with van der Waals surface area (Å²) in [6.45, 7) is 6.82. The Hall–Kier alpha value is -2.17. The third-order valence-corrected chi connectivity index (χ3v) is 4.39. The topological polar surface area (TPSA) is 66.5 Å². The van der Waals surface area contributed by atoms with Gasteiger partial charge in [-0.05, 0) is 29.0 Å². The van der Waals surface area contributed by atoms with Gasteiger partial charge in [0, 0.05) is 18.5 Å². The fourth-order valence-electron chi connectivity index (χ4n) is 3.04. The highest BCUT2D eigenvalue weighted by Gasteiger charge is 2.39. The van der Waals surface area contributed by atoms with Crippen molar-refractivity contribution < 1.29 is 14.4 Å². The van der Waals surface area contributed by atoms with Crippen LogP contribution in [0.25, 0.3) is 0 Å². The minimum Gasteiger partial charge on any atom is -0.322 e. The number of imide groups is 1. The summed E-state index contributed by atoms with van der Waals surface area (Å²) >= 11 is 0. The summed E-state index contributed by atoms with van der Waals surface area (Å²) in [7, 11) is 0. The van der Waals surface area contributed by atoms with Gasteiger partial charge in [0.2, 0.25) is 11.8 Å². The molecule has 1 aromatic carbocycles. The number of carbonyl (C=O) groups excluding carboxylic acids is 3. The molecule has 3 amide bonds. The first-order chi connectivity index (χ1) is 10.3. The first kappa shape index (κ1) is 14.8. The number of rotatable bonds is 1. The summed E-state index contributed by atoms with van der Waals surface area (Å²) < 4.78 is 0. The van der Waals surface area contributed by atoms with Crippen LogP contribution in [0.1, 0.15) is 55.1 Å². The van der Waals surface area contributed by atoms with Crippen molar-refractivity contribution in [2.24, 2.45) is 0 Å². The molecule has 0 aliphatic carbocycles. The van der Waals surface area contributed by atoms with E-state index in [2.05, 4.69) is 32.2 Å². The molecular formula is C17H20N2O3. The summed E-state index contributed by atoms with van der Waals surface area (Å²) in [5.41, 5.74) is 2.81. The molecule has 1 aromatic rings. The highest BCUT2D eigenvalue weighted by atomic mass is 16.2. The van der Waals surface area contributed by atoms with Crippen molar-refractivity contribution >= 4 is 17.7 Å². The maximum atomic E-state index is 12.5. The van der Waals surface area contributed by atoms with E-state index in [-0.39, 0.29) is 29.6 Å².